The zero-order valence-electron chi connectivity index (χ0n) is 6.27. The van der Waals surface area contributed by atoms with Gasteiger partial charge in [-0.3, -0.25) is 0 Å². The summed E-state index contributed by atoms with van der Waals surface area (Å²) in [6.07, 6.45) is 0.344. The Kier molecular flexibility index (Phi) is 3.09. The molecule has 1 rings (SSSR count). The Labute approximate surface area is 60.8 Å². The van der Waals surface area contributed by atoms with E-state index in [0.29, 0.717) is 6.54 Å². The molecule has 1 aliphatic rings. The quantitative estimate of drug-likeness (QED) is 0.590. The van der Waals surface area contributed by atoms with Gasteiger partial charge in [-0.15, -0.1) is 0 Å². The van der Waals surface area contributed by atoms with Crippen LogP contribution in [0.5, 0.6) is 0 Å². The van der Waals surface area contributed by atoms with E-state index in [1.165, 1.54) is 0 Å². The van der Waals surface area contributed by atoms with Crippen molar-refractivity contribution in [2.24, 2.45) is 0 Å². The molecule has 1 N–H and O–H groups in total. The maximum absolute atomic E-state index is 12.6. The molecule has 0 radical (unpaired) electrons. The minimum absolute atomic E-state index is 0.209. The van der Waals surface area contributed by atoms with Crippen molar-refractivity contribution in [3.8, 4) is 0 Å². The van der Waals surface area contributed by atoms with Crippen molar-refractivity contribution in [2.45, 2.75) is 25.6 Å². The first-order valence-corrected chi connectivity index (χ1v) is 3.79. The Morgan fingerprint density at radius 2 is 2.40 bits per heavy atom. The third-order valence-electron chi connectivity index (χ3n) is 1.71. The predicted octanol–water partition coefficient (Wildman–Crippen LogP) is 0.723. The molecule has 0 aromatic heterocycles. The molecule has 10 heavy (non-hydrogen) atoms. The van der Waals surface area contributed by atoms with Crippen LogP contribution in [0.25, 0.3) is 0 Å². The molecular weight excluding hydrogens is 133 g/mol. The maximum Gasteiger partial charge on any atom is 0.136 e. The largest absolute Gasteiger partial charge is 0.374 e. The highest BCUT2D eigenvalue weighted by Crippen LogP contribution is 2.03. The second-order valence-corrected chi connectivity index (χ2v) is 2.62. The monoisotopic (exact) mass is 147 g/mol. The summed E-state index contributed by atoms with van der Waals surface area (Å²) in [5.74, 6) is 0. The summed E-state index contributed by atoms with van der Waals surface area (Å²) in [6.45, 7) is 3.53. The first kappa shape index (κ1) is 7.95. The van der Waals surface area contributed by atoms with E-state index in [9.17, 15) is 4.39 Å². The molecule has 1 fully saturated rings. The Morgan fingerprint density at radius 1 is 1.60 bits per heavy atom. The summed E-state index contributed by atoms with van der Waals surface area (Å²) in [5, 5.41) is 3.00. The van der Waals surface area contributed by atoms with Crippen molar-refractivity contribution < 1.29 is 9.13 Å². The number of hydrogen-bond acceptors (Lipinski definition) is 2. The van der Waals surface area contributed by atoms with Gasteiger partial charge in [0.05, 0.1) is 12.7 Å². The van der Waals surface area contributed by atoms with Gasteiger partial charge in [0.15, 0.2) is 0 Å². The molecule has 0 aliphatic carbocycles. The SMILES string of the molecule is CCC1CNCC(F)CO1. The van der Waals surface area contributed by atoms with Gasteiger partial charge in [0.25, 0.3) is 0 Å². The topological polar surface area (TPSA) is 21.3 Å². The summed E-state index contributed by atoms with van der Waals surface area (Å²) in [6, 6.07) is 0. The van der Waals surface area contributed by atoms with Crippen LogP contribution in [-0.4, -0.2) is 32.0 Å². The van der Waals surface area contributed by atoms with Gasteiger partial charge in [-0.25, -0.2) is 4.39 Å². The van der Waals surface area contributed by atoms with Crippen LogP contribution in [0.3, 0.4) is 0 Å². The van der Waals surface area contributed by atoms with Crippen molar-refractivity contribution in [1.82, 2.24) is 5.32 Å². The van der Waals surface area contributed by atoms with Gasteiger partial charge < -0.3 is 10.1 Å². The molecule has 0 aromatic rings. The smallest absolute Gasteiger partial charge is 0.136 e. The zero-order valence-corrected chi connectivity index (χ0v) is 6.27. The average Bonchev–Trinajstić information content (AvgIpc) is 2.14. The van der Waals surface area contributed by atoms with Gasteiger partial charge in [0.1, 0.15) is 6.17 Å². The highest BCUT2D eigenvalue weighted by molar-refractivity contribution is 4.69. The summed E-state index contributed by atoms with van der Waals surface area (Å²) >= 11 is 0. The highest BCUT2D eigenvalue weighted by atomic mass is 19.1. The van der Waals surface area contributed by atoms with Crippen LogP contribution in [0, 0.1) is 0 Å². The highest BCUT2D eigenvalue weighted by Gasteiger charge is 2.15. The predicted molar refractivity (Wildman–Crippen MR) is 37.8 cm³/mol. The second-order valence-electron chi connectivity index (χ2n) is 2.62. The van der Waals surface area contributed by atoms with Gasteiger partial charge in [-0.2, -0.15) is 0 Å². The lowest BCUT2D eigenvalue weighted by Gasteiger charge is -2.10. The lowest BCUT2D eigenvalue weighted by molar-refractivity contribution is 0.0379. The summed E-state index contributed by atoms with van der Waals surface area (Å²) < 4.78 is 17.8. The zero-order chi connectivity index (χ0) is 7.40. The van der Waals surface area contributed by atoms with E-state index in [1.807, 2.05) is 6.92 Å². The van der Waals surface area contributed by atoms with Crippen molar-refractivity contribution in [3.63, 3.8) is 0 Å². The van der Waals surface area contributed by atoms with Gasteiger partial charge in [0.2, 0.25) is 0 Å². The molecule has 1 aliphatic heterocycles. The van der Waals surface area contributed by atoms with Crippen LogP contribution in [0.4, 0.5) is 4.39 Å². The molecule has 60 valence electrons. The Morgan fingerprint density at radius 3 is 3.10 bits per heavy atom. The van der Waals surface area contributed by atoms with Gasteiger partial charge >= 0.3 is 0 Å². The van der Waals surface area contributed by atoms with Crippen molar-refractivity contribution in [3.05, 3.63) is 0 Å². The van der Waals surface area contributed by atoms with Gasteiger partial charge in [-0.1, -0.05) is 6.92 Å². The molecular formula is C7H14FNO. The van der Waals surface area contributed by atoms with E-state index in [1.54, 1.807) is 0 Å². The maximum atomic E-state index is 12.6. The van der Waals surface area contributed by atoms with Crippen LogP contribution in [0.15, 0.2) is 0 Å². The minimum Gasteiger partial charge on any atom is -0.374 e. The molecule has 1 saturated heterocycles. The Balaban J connectivity index is 2.26. The first-order valence-electron chi connectivity index (χ1n) is 3.79. The normalized spacial score (nSPS) is 35.4. The van der Waals surface area contributed by atoms with Gasteiger partial charge in [0, 0.05) is 13.1 Å². The molecule has 3 heteroatoms. The van der Waals surface area contributed by atoms with E-state index in [2.05, 4.69) is 5.32 Å². The molecule has 1 heterocycles. The number of ether oxygens (including phenoxy) is 1. The fourth-order valence-electron chi connectivity index (χ4n) is 1.02. The molecule has 2 nitrogen and oxygen atoms in total. The van der Waals surface area contributed by atoms with Crippen LogP contribution in [0.2, 0.25) is 0 Å². The van der Waals surface area contributed by atoms with Crippen LogP contribution in [-0.2, 0) is 4.74 Å². The van der Waals surface area contributed by atoms with Crippen molar-refractivity contribution in [1.29, 1.82) is 0 Å². The van der Waals surface area contributed by atoms with Gasteiger partial charge in [-0.05, 0) is 6.42 Å². The molecule has 0 amide bonds. The standard InChI is InChI=1S/C7H14FNO/c1-2-7-4-9-3-6(8)5-10-7/h6-7,9H,2-5H2,1H3. The second kappa shape index (κ2) is 3.88. The summed E-state index contributed by atoms with van der Waals surface area (Å²) in [7, 11) is 0. The number of rotatable bonds is 1. The van der Waals surface area contributed by atoms with Crippen LogP contribution >= 0.6 is 0 Å². The van der Waals surface area contributed by atoms with Crippen molar-refractivity contribution >= 4 is 0 Å². The minimum atomic E-state index is -0.823. The summed E-state index contributed by atoms with van der Waals surface area (Å²) in [4.78, 5) is 0. The number of nitrogens with one attached hydrogen (secondary N) is 1. The third-order valence-corrected chi connectivity index (χ3v) is 1.71. The van der Waals surface area contributed by atoms with Crippen molar-refractivity contribution in [2.75, 3.05) is 19.7 Å². The van der Waals surface area contributed by atoms with E-state index >= 15 is 0 Å². The van der Waals surface area contributed by atoms with E-state index < -0.39 is 6.17 Å². The van der Waals surface area contributed by atoms with E-state index in [4.69, 9.17) is 4.74 Å². The number of halogens is 1. The Hall–Kier alpha value is -0.150. The Bertz CT molecular complexity index is 99.6. The lowest BCUT2D eigenvalue weighted by Crippen LogP contribution is -2.26. The lowest BCUT2D eigenvalue weighted by atomic mass is 10.3. The van der Waals surface area contributed by atoms with E-state index in [0.717, 1.165) is 13.0 Å². The average molecular weight is 147 g/mol. The molecule has 0 spiro atoms. The first-order chi connectivity index (χ1) is 4.83. The fourth-order valence-corrected chi connectivity index (χ4v) is 1.02. The molecule has 2 atom stereocenters. The summed E-state index contributed by atoms with van der Waals surface area (Å²) in [5.41, 5.74) is 0. The number of hydrogen-bond donors (Lipinski definition) is 1. The molecule has 0 aromatic carbocycles. The fraction of sp³-hybridized carbons (Fsp3) is 1.00. The number of alkyl halides is 1. The molecule has 0 saturated carbocycles. The molecule has 2 unspecified atom stereocenters. The van der Waals surface area contributed by atoms with Crippen LogP contribution in [0.1, 0.15) is 13.3 Å². The van der Waals surface area contributed by atoms with E-state index in [-0.39, 0.29) is 12.7 Å². The molecule has 0 bridgehead atoms. The van der Waals surface area contributed by atoms with Crippen LogP contribution < -0.4 is 5.32 Å². The third kappa shape index (κ3) is 2.23.